The molecule has 0 aliphatic carbocycles. The van der Waals surface area contributed by atoms with E-state index in [2.05, 4.69) is 16.4 Å². The molecule has 1 N–H and O–H groups in total. The van der Waals surface area contributed by atoms with Gasteiger partial charge in [-0.3, -0.25) is 0 Å². The number of thiazole rings is 1. The Labute approximate surface area is 122 Å². The third-order valence-corrected chi connectivity index (χ3v) is 6.33. The van der Waals surface area contributed by atoms with Crippen LogP contribution < -0.4 is 5.32 Å². The van der Waals surface area contributed by atoms with Crippen molar-refractivity contribution in [2.75, 3.05) is 30.7 Å². The molecular weight excluding hydrogens is 294 g/mol. The first-order chi connectivity index (χ1) is 9.58. The quantitative estimate of drug-likeness (QED) is 0.917. The van der Waals surface area contributed by atoms with Gasteiger partial charge in [-0.2, -0.15) is 0 Å². The summed E-state index contributed by atoms with van der Waals surface area (Å²) < 4.78 is 25.9. The van der Waals surface area contributed by atoms with Crippen molar-refractivity contribution in [2.45, 2.75) is 6.92 Å². The van der Waals surface area contributed by atoms with E-state index in [1.165, 1.54) is 4.70 Å². The Kier molecular flexibility index (Phi) is 3.66. The maximum atomic E-state index is 11.6. The molecule has 1 aromatic carbocycles. The molecular formula is C13H17N3O2S2. The number of fused-ring (bicyclic) bond motifs is 1. The van der Waals surface area contributed by atoms with Gasteiger partial charge in [0, 0.05) is 25.6 Å². The summed E-state index contributed by atoms with van der Waals surface area (Å²) in [5.74, 6) is 0.564. The van der Waals surface area contributed by atoms with Crippen LogP contribution in [-0.4, -0.2) is 43.1 Å². The molecule has 1 fully saturated rings. The van der Waals surface area contributed by atoms with Gasteiger partial charge >= 0.3 is 0 Å². The Morgan fingerprint density at radius 2 is 2.15 bits per heavy atom. The zero-order valence-corrected chi connectivity index (χ0v) is 12.9. The molecule has 108 valence electrons. The number of rotatable bonds is 5. The number of nitrogens with zero attached hydrogens (tertiary/aromatic N) is 2. The lowest BCUT2D eigenvalue weighted by atomic mass is 10.0. The van der Waals surface area contributed by atoms with E-state index in [4.69, 9.17) is 0 Å². The van der Waals surface area contributed by atoms with Crippen molar-refractivity contribution in [3.05, 3.63) is 24.3 Å². The molecule has 7 heteroatoms. The molecule has 0 bridgehead atoms. The maximum absolute atomic E-state index is 11.6. The molecule has 1 aromatic heterocycles. The Morgan fingerprint density at radius 3 is 2.85 bits per heavy atom. The number of para-hydroxylation sites is 1. The van der Waals surface area contributed by atoms with Crippen LogP contribution in [0.2, 0.25) is 0 Å². The summed E-state index contributed by atoms with van der Waals surface area (Å²) in [5, 5.41) is 4.22. The fourth-order valence-corrected chi connectivity index (χ4v) is 4.35. The first-order valence-electron chi connectivity index (χ1n) is 6.66. The van der Waals surface area contributed by atoms with E-state index in [1.54, 1.807) is 22.6 Å². The van der Waals surface area contributed by atoms with Crippen LogP contribution in [0.3, 0.4) is 0 Å². The standard InChI is InChI=1S/C13H17N3O2S2/c1-2-20(17,18)16-8-10(9-16)7-14-13-15-11-5-3-4-6-12(11)19-13/h3-6,10H,2,7-9H2,1H3,(H,14,15). The van der Waals surface area contributed by atoms with Crippen molar-refractivity contribution in [1.29, 1.82) is 0 Å². The summed E-state index contributed by atoms with van der Waals surface area (Å²) in [7, 11) is -3.01. The summed E-state index contributed by atoms with van der Waals surface area (Å²) in [6.45, 7) is 3.69. The summed E-state index contributed by atoms with van der Waals surface area (Å²) >= 11 is 1.63. The topological polar surface area (TPSA) is 62.3 Å². The molecule has 5 nitrogen and oxygen atoms in total. The van der Waals surface area contributed by atoms with Gasteiger partial charge in [-0.25, -0.2) is 17.7 Å². The van der Waals surface area contributed by atoms with E-state index >= 15 is 0 Å². The van der Waals surface area contributed by atoms with Gasteiger partial charge in [-0.1, -0.05) is 23.5 Å². The Bertz CT molecular complexity index is 672. The van der Waals surface area contributed by atoms with Gasteiger partial charge in [-0.15, -0.1) is 0 Å². The number of hydrogen-bond acceptors (Lipinski definition) is 5. The number of nitrogens with one attached hydrogen (secondary N) is 1. The highest BCUT2D eigenvalue weighted by Gasteiger charge is 2.34. The molecule has 0 saturated carbocycles. The van der Waals surface area contributed by atoms with Crippen LogP contribution in [0.25, 0.3) is 10.2 Å². The van der Waals surface area contributed by atoms with Gasteiger partial charge in [0.25, 0.3) is 0 Å². The van der Waals surface area contributed by atoms with Crippen molar-refractivity contribution in [1.82, 2.24) is 9.29 Å². The van der Waals surface area contributed by atoms with Crippen molar-refractivity contribution in [2.24, 2.45) is 5.92 Å². The van der Waals surface area contributed by atoms with Crippen molar-refractivity contribution < 1.29 is 8.42 Å². The fraction of sp³-hybridized carbons (Fsp3) is 0.462. The van der Waals surface area contributed by atoms with Gasteiger partial charge in [0.2, 0.25) is 10.0 Å². The predicted molar refractivity (Wildman–Crippen MR) is 82.6 cm³/mol. The van der Waals surface area contributed by atoms with Gasteiger partial charge < -0.3 is 5.32 Å². The average molecular weight is 311 g/mol. The molecule has 0 radical (unpaired) electrons. The molecule has 3 rings (SSSR count). The molecule has 1 saturated heterocycles. The second-order valence-electron chi connectivity index (χ2n) is 4.95. The van der Waals surface area contributed by atoms with Gasteiger partial charge in [0.05, 0.1) is 16.0 Å². The highest BCUT2D eigenvalue weighted by Crippen LogP contribution is 2.26. The number of sulfonamides is 1. The molecule has 1 aliphatic heterocycles. The van der Waals surface area contributed by atoms with Crippen LogP contribution in [0, 0.1) is 5.92 Å². The minimum atomic E-state index is -3.01. The van der Waals surface area contributed by atoms with Crippen LogP contribution in [0.15, 0.2) is 24.3 Å². The Balaban J connectivity index is 1.54. The van der Waals surface area contributed by atoms with Crippen molar-refractivity contribution in [3.8, 4) is 0 Å². The van der Waals surface area contributed by atoms with E-state index in [9.17, 15) is 8.42 Å². The minimum Gasteiger partial charge on any atom is -0.361 e. The molecule has 1 aliphatic rings. The molecule has 0 atom stereocenters. The van der Waals surface area contributed by atoms with E-state index in [0.717, 1.165) is 17.2 Å². The maximum Gasteiger partial charge on any atom is 0.213 e. The zero-order chi connectivity index (χ0) is 14.2. The highest BCUT2D eigenvalue weighted by atomic mass is 32.2. The number of hydrogen-bond donors (Lipinski definition) is 1. The van der Waals surface area contributed by atoms with Crippen LogP contribution in [0.1, 0.15) is 6.92 Å². The van der Waals surface area contributed by atoms with E-state index in [1.807, 2.05) is 18.2 Å². The second kappa shape index (κ2) is 5.31. The van der Waals surface area contributed by atoms with Crippen LogP contribution in [-0.2, 0) is 10.0 Å². The van der Waals surface area contributed by atoms with Crippen LogP contribution in [0.5, 0.6) is 0 Å². The second-order valence-corrected chi connectivity index (χ2v) is 8.24. The van der Waals surface area contributed by atoms with E-state index in [0.29, 0.717) is 19.0 Å². The number of aromatic nitrogens is 1. The molecule has 0 amide bonds. The highest BCUT2D eigenvalue weighted by molar-refractivity contribution is 7.89. The largest absolute Gasteiger partial charge is 0.361 e. The lowest BCUT2D eigenvalue weighted by Gasteiger charge is -2.37. The van der Waals surface area contributed by atoms with Gasteiger partial charge in [0.15, 0.2) is 5.13 Å². The first kappa shape index (κ1) is 13.8. The summed E-state index contributed by atoms with van der Waals surface area (Å²) in [6, 6.07) is 8.03. The Hall–Kier alpha value is -1.18. The zero-order valence-electron chi connectivity index (χ0n) is 11.2. The first-order valence-corrected chi connectivity index (χ1v) is 9.08. The van der Waals surface area contributed by atoms with Gasteiger partial charge in [-0.05, 0) is 19.1 Å². The molecule has 0 spiro atoms. The lowest BCUT2D eigenvalue weighted by Crippen LogP contribution is -2.52. The normalized spacial score (nSPS) is 17.2. The molecule has 2 aromatic rings. The summed E-state index contributed by atoms with van der Waals surface area (Å²) in [6.07, 6.45) is 0. The molecule has 0 unspecified atom stereocenters. The van der Waals surface area contributed by atoms with E-state index < -0.39 is 10.0 Å². The fourth-order valence-electron chi connectivity index (χ4n) is 2.24. The molecule has 20 heavy (non-hydrogen) atoms. The van der Waals surface area contributed by atoms with Crippen molar-refractivity contribution >= 4 is 36.7 Å². The molecule has 2 heterocycles. The third kappa shape index (κ3) is 2.65. The van der Waals surface area contributed by atoms with Crippen LogP contribution >= 0.6 is 11.3 Å². The van der Waals surface area contributed by atoms with Crippen molar-refractivity contribution in [3.63, 3.8) is 0 Å². The lowest BCUT2D eigenvalue weighted by molar-refractivity contribution is 0.212. The van der Waals surface area contributed by atoms with Gasteiger partial charge in [0.1, 0.15) is 0 Å². The Morgan fingerprint density at radius 1 is 1.40 bits per heavy atom. The minimum absolute atomic E-state index is 0.186. The summed E-state index contributed by atoms with van der Waals surface area (Å²) in [4.78, 5) is 4.50. The third-order valence-electron chi connectivity index (χ3n) is 3.52. The van der Waals surface area contributed by atoms with E-state index in [-0.39, 0.29) is 5.75 Å². The monoisotopic (exact) mass is 311 g/mol. The SMILES string of the molecule is CCS(=O)(=O)N1CC(CNc2nc3ccccc3s2)C1. The predicted octanol–water partition coefficient (Wildman–Crippen LogP) is 1.99. The summed E-state index contributed by atoms with van der Waals surface area (Å²) in [5.41, 5.74) is 1.00. The number of benzene rings is 1. The smallest absolute Gasteiger partial charge is 0.213 e. The average Bonchev–Trinajstić information content (AvgIpc) is 2.79. The number of anilines is 1. The van der Waals surface area contributed by atoms with Crippen LogP contribution in [0.4, 0.5) is 5.13 Å².